The van der Waals surface area contributed by atoms with Crippen LogP contribution in [-0.2, 0) is 23.1 Å². The summed E-state index contributed by atoms with van der Waals surface area (Å²) in [6, 6.07) is 15.5. The lowest BCUT2D eigenvalue weighted by Crippen LogP contribution is -2.22. The van der Waals surface area contributed by atoms with Crippen LogP contribution in [0.15, 0.2) is 59.5 Å². The van der Waals surface area contributed by atoms with Gasteiger partial charge in [0.2, 0.25) is 10.0 Å². The van der Waals surface area contributed by atoms with Crippen LogP contribution in [0.25, 0.3) is 0 Å². The molecule has 0 spiro atoms. The number of nitrogens with one attached hydrogen (secondary N) is 1. The van der Waals surface area contributed by atoms with Crippen LogP contribution >= 0.6 is 0 Å². The Hall–Kier alpha value is -2.97. The van der Waals surface area contributed by atoms with Crippen molar-refractivity contribution >= 4 is 15.9 Å². The van der Waals surface area contributed by atoms with Crippen molar-refractivity contribution in [3.63, 3.8) is 0 Å². The summed E-state index contributed by atoms with van der Waals surface area (Å²) in [5.41, 5.74) is 4.46. The average Bonchev–Trinajstić information content (AvgIpc) is 2.97. The Morgan fingerprint density at radius 2 is 1.64 bits per heavy atom. The summed E-state index contributed by atoms with van der Waals surface area (Å²) < 4.78 is 24.4. The number of hydrogen-bond acceptors (Lipinski definition) is 4. The third kappa shape index (κ3) is 4.85. The molecule has 1 amide bonds. The summed E-state index contributed by atoms with van der Waals surface area (Å²) in [5, 5.41) is 12.3. The quantitative estimate of drug-likeness (QED) is 0.663. The molecule has 0 radical (unpaired) electrons. The number of rotatable bonds is 6. The summed E-state index contributed by atoms with van der Waals surface area (Å²) in [6.07, 6.45) is 0. The number of aromatic nitrogens is 2. The minimum Gasteiger partial charge on any atom is -0.348 e. The van der Waals surface area contributed by atoms with Gasteiger partial charge in [0.15, 0.2) is 0 Å². The Morgan fingerprint density at radius 3 is 2.18 bits per heavy atom. The zero-order valence-electron chi connectivity index (χ0n) is 15.7. The SMILES string of the molecule is Cc1cc(C)n(Cc2ccc(C(=O)NCc3ccc(S(N)(=O)=O)cc3)cc2)n1. The van der Waals surface area contributed by atoms with E-state index in [1.165, 1.54) is 12.1 Å². The maximum atomic E-state index is 12.3. The second-order valence-electron chi connectivity index (χ2n) is 6.65. The number of amides is 1. The van der Waals surface area contributed by atoms with E-state index in [2.05, 4.69) is 10.4 Å². The van der Waals surface area contributed by atoms with Crippen molar-refractivity contribution in [3.8, 4) is 0 Å². The normalized spacial score (nSPS) is 11.4. The van der Waals surface area contributed by atoms with E-state index in [1.54, 1.807) is 24.3 Å². The smallest absolute Gasteiger partial charge is 0.251 e. The molecule has 0 fully saturated rings. The van der Waals surface area contributed by atoms with Gasteiger partial charge in [-0.05, 0) is 55.3 Å². The summed E-state index contributed by atoms with van der Waals surface area (Å²) in [7, 11) is -3.72. The van der Waals surface area contributed by atoms with Gasteiger partial charge >= 0.3 is 0 Å². The largest absolute Gasteiger partial charge is 0.348 e. The predicted octanol–water partition coefficient (Wildman–Crippen LogP) is 2.13. The van der Waals surface area contributed by atoms with Gasteiger partial charge in [-0.2, -0.15) is 5.10 Å². The molecule has 146 valence electrons. The van der Waals surface area contributed by atoms with Crippen LogP contribution in [0.3, 0.4) is 0 Å². The van der Waals surface area contributed by atoms with Gasteiger partial charge in [0.05, 0.1) is 17.1 Å². The molecular weight excluding hydrogens is 376 g/mol. The van der Waals surface area contributed by atoms with E-state index in [9.17, 15) is 13.2 Å². The molecule has 1 aromatic heterocycles. The van der Waals surface area contributed by atoms with Crippen LogP contribution in [-0.4, -0.2) is 24.1 Å². The zero-order chi connectivity index (χ0) is 20.3. The highest BCUT2D eigenvalue weighted by Crippen LogP contribution is 2.11. The van der Waals surface area contributed by atoms with Gasteiger partial charge in [0, 0.05) is 17.8 Å². The summed E-state index contributed by atoms with van der Waals surface area (Å²) >= 11 is 0. The Morgan fingerprint density at radius 1 is 1.04 bits per heavy atom. The van der Waals surface area contributed by atoms with E-state index in [0.717, 1.165) is 22.5 Å². The standard InChI is InChI=1S/C20H22N4O3S/c1-14-11-15(2)24(23-14)13-17-3-7-18(8-4-17)20(25)22-12-16-5-9-19(10-6-16)28(21,26)27/h3-11H,12-13H2,1-2H3,(H,22,25)(H2,21,26,27). The van der Waals surface area contributed by atoms with Crippen molar-refractivity contribution in [2.45, 2.75) is 31.8 Å². The van der Waals surface area contributed by atoms with Gasteiger partial charge in [-0.3, -0.25) is 9.48 Å². The van der Waals surface area contributed by atoms with Crippen LogP contribution in [0.2, 0.25) is 0 Å². The fourth-order valence-corrected chi connectivity index (χ4v) is 3.37. The number of hydrogen-bond donors (Lipinski definition) is 2. The topological polar surface area (TPSA) is 107 Å². The van der Waals surface area contributed by atoms with Gasteiger partial charge in [-0.15, -0.1) is 0 Å². The number of nitrogens with zero attached hydrogens (tertiary/aromatic N) is 2. The molecule has 7 nitrogen and oxygen atoms in total. The van der Waals surface area contributed by atoms with Crippen molar-refractivity contribution in [3.05, 3.63) is 82.7 Å². The minimum atomic E-state index is -3.72. The molecule has 3 aromatic rings. The van der Waals surface area contributed by atoms with Crippen LogP contribution in [0.4, 0.5) is 0 Å². The molecule has 8 heteroatoms. The highest BCUT2D eigenvalue weighted by molar-refractivity contribution is 7.89. The Balaban J connectivity index is 1.59. The number of sulfonamides is 1. The highest BCUT2D eigenvalue weighted by Gasteiger charge is 2.09. The van der Waals surface area contributed by atoms with Gasteiger partial charge in [-0.25, -0.2) is 13.6 Å². The molecule has 0 saturated heterocycles. The summed E-state index contributed by atoms with van der Waals surface area (Å²) in [5.74, 6) is -0.201. The molecule has 0 aliphatic heterocycles. The number of aryl methyl sites for hydroxylation is 2. The molecule has 0 bridgehead atoms. The van der Waals surface area contributed by atoms with Crippen LogP contribution in [0.5, 0.6) is 0 Å². The maximum Gasteiger partial charge on any atom is 0.251 e. The molecule has 0 aliphatic rings. The van der Waals surface area contributed by atoms with E-state index >= 15 is 0 Å². The average molecular weight is 398 g/mol. The van der Waals surface area contributed by atoms with Crippen molar-refractivity contribution < 1.29 is 13.2 Å². The lowest BCUT2D eigenvalue weighted by atomic mass is 10.1. The first-order chi connectivity index (χ1) is 13.2. The van der Waals surface area contributed by atoms with Crippen molar-refractivity contribution in [2.24, 2.45) is 5.14 Å². The molecule has 3 N–H and O–H groups in total. The van der Waals surface area contributed by atoms with Gasteiger partial charge in [-0.1, -0.05) is 24.3 Å². The predicted molar refractivity (Wildman–Crippen MR) is 106 cm³/mol. The Bertz CT molecular complexity index is 1090. The number of benzene rings is 2. The molecule has 0 saturated carbocycles. The number of carbonyl (C=O) groups is 1. The highest BCUT2D eigenvalue weighted by atomic mass is 32.2. The molecule has 0 aliphatic carbocycles. The number of carbonyl (C=O) groups excluding carboxylic acids is 1. The van der Waals surface area contributed by atoms with Gasteiger partial charge < -0.3 is 5.32 Å². The molecule has 2 aromatic carbocycles. The first kappa shape index (κ1) is 19.8. The van der Waals surface area contributed by atoms with E-state index in [4.69, 9.17) is 5.14 Å². The van der Waals surface area contributed by atoms with Gasteiger partial charge in [0.25, 0.3) is 5.91 Å². The van der Waals surface area contributed by atoms with Crippen LogP contribution < -0.4 is 10.5 Å². The Labute approximate surface area is 164 Å². The fraction of sp³-hybridized carbons (Fsp3) is 0.200. The molecule has 0 atom stereocenters. The second kappa shape index (κ2) is 7.95. The lowest BCUT2D eigenvalue weighted by molar-refractivity contribution is 0.0951. The zero-order valence-corrected chi connectivity index (χ0v) is 16.5. The maximum absolute atomic E-state index is 12.3. The summed E-state index contributed by atoms with van der Waals surface area (Å²) in [6.45, 7) is 4.91. The molecular formula is C20H22N4O3S. The van der Waals surface area contributed by atoms with E-state index in [0.29, 0.717) is 12.1 Å². The van der Waals surface area contributed by atoms with E-state index in [1.807, 2.05) is 36.7 Å². The third-order valence-electron chi connectivity index (χ3n) is 4.36. The van der Waals surface area contributed by atoms with Crippen LogP contribution in [0.1, 0.15) is 32.9 Å². The number of primary sulfonamides is 1. The van der Waals surface area contributed by atoms with Gasteiger partial charge in [0.1, 0.15) is 0 Å². The molecule has 1 heterocycles. The molecule has 0 unspecified atom stereocenters. The third-order valence-corrected chi connectivity index (χ3v) is 5.29. The monoisotopic (exact) mass is 398 g/mol. The molecule has 28 heavy (non-hydrogen) atoms. The minimum absolute atomic E-state index is 0.0424. The first-order valence-corrected chi connectivity index (χ1v) is 10.3. The second-order valence-corrected chi connectivity index (χ2v) is 8.21. The first-order valence-electron chi connectivity index (χ1n) is 8.72. The lowest BCUT2D eigenvalue weighted by Gasteiger charge is -2.08. The van der Waals surface area contributed by atoms with E-state index < -0.39 is 10.0 Å². The summed E-state index contributed by atoms with van der Waals surface area (Å²) in [4.78, 5) is 12.4. The number of nitrogens with two attached hydrogens (primary N) is 1. The van der Waals surface area contributed by atoms with Crippen molar-refractivity contribution in [1.82, 2.24) is 15.1 Å². The Kier molecular flexibility index (Phi) is 5.62. The van der Waals surface area contributed by atoms with Crippen molar-refractivity contribution in [1.29, 1.82) is 0 Å². The van der Waals surface area contributed by atoms with E-state index in [-0.39, 0.29) is 17.3 Å². The van der Waals surface area contributed by atoms with Crippen molar-refractivity contribution in [2.75, 3.05) is 0 Å². The van der Waals surface area contributed by atoms with Crippen LogP contribution in [0, 0.1) is 13.8 Å². The molecule has 3 rings (SSSR count). The fourth-order valence-electron chi connectivity index (χ4n) is 2.85.